The first-order valence-electron chi connectivity index (χ1n) is 5.43. The normalized spacial score (nSPS) is 34.6. The summed E-state index contributed by atoms with van der Waals surface area (Å²) in [5.41, 5.74) is -3.20. The average Bonchev–Trinajstić information content (AvgIpc) is 2.64. The lowest BCUT2D eigenvalue weighted by Crippen LogP contribution is -2.47. The molecule has 2 rings (SSSR count). The molecule has 1 saturated heterocycles. The number of nitrogens with zero attached hydrogens (tertiary/aromatic N) is 1. The summed E-state index contributed by atoms with van der Waals surface area (Å²) in [5.74, 6) is -0.348. The summed E-state index contributed by atoms with van der Waals surface area (Å²) in [7, 11) is 0. The SMILES string of the molecule is O=c1ccn([C@@H]2O[C@@](CO)(CCl)[C@@H](O)[C@H]2F)c(=O)[nH]1. The number of hydrogen-bond acceptors (Lipinski definition) is 5. The molecule has 0 radical (unpaired) electrons. The molecule has 0 bridgehead atoms. The molecule has 0 aromatic carbocycles. The van der Waals surface area contributed by atoms with E-state index in [9.17, 15) is 24.2 Å². The predicted octanol–water partition coefficient (Wildman–Crippen LogP) is -1.27. The molecule has 1 aliphatic rings. The quantitative estimate of drug-likeness (QED) is 0.603. The van der Waals surface area contributed by atoms with Crippen molar-refractivity contribution >= 4 is 11.6 Å². The number of aromatic nitrogens is 2. The van der Waals surface area contributed by atoms with E-state index in [1.165, 1.54) is 0 Å². The molecule has 1 aromatic rings. The molecule has 106 valence electrons. The van der Waals surface area contributed by atoms with Crippen LogP contribution in [0.4, 0.5) is 4.39 Å². The van der Waals surface area contributed by atoms with Gasteiger partial charge in [0.25, 0.3) is 5.56 Å². The minimum absolute atomic E-state index is 0.348. The van der Waals surface area contributed by atoms with Crippen LogP contribution in [0.3, 0.4) is 0 Å². The van der Waals surface area contributed by atoms with Crippen molar-refractivity contribution in [3.8, 4) is 0 Å². The molecule has 0 spiro atoms. The maximum Gasteiger partial charge on any atom is 0.330 e. The highest BCUT2D eigenvalue weighted by Gasteiger charge is 2.55. The van der Waals surface area contributed by atoms with Gasteiger partial charge in [-0.3, -0.25) is 14.3 Å². The van der Waals surface area contributed by atoms with Crippen LogP contribution in [0.2, 0.25) is 0 Å². The molecule has 7 nitrogen and oxygen atoms in total. The van der Waals surface area contributed by atoms with Crippen molar-refractivity contribution < 1.29 is 19.3 Å². The van der Waals surface area contributed by atoms with Gasteiger partial charge in [0.1, 0.15) is 11.7 Å². The summed E-state index contributed by atoms with van der Waals surface area (Å²) < 4.78 is 20.0. The largest absolute Gasteiger partial charge is 0.393 e. The zero-order valence-corrected chi connectivity index (χ0v) is 10.4. The third-order valence-electron chi connectivity index (χ3n) is 3.09. The molecule has 1 aliphatic heterocycles. The van der Waals surface area contributed by atoms with E-state index >= 15 is 0 Å². The van der Waals surface area contributed by atoms with E-state index in [4.69, 9.17) is 16.3 Å². The van der Waals surface area contributed by atoms with Crippen LogP contribution in [-0.2, 0) is 4.74 Å². The van der Waals surface area contributed by atoms with Gasteiger partial charge in [-0.05, 0) is 0 Å². The second kappa shape index (κ2) is 5.04. The first-order chi connectivity index (χ1) is 8.95. The number of halogens is 2. The Kier molecular flexibility index (Phi) is 3.77. The molecule has 0 aliphatic carbocycles. The third-order valence-corrected chi connectivity index (χ3v) is 3.54. The Hall–Kier alpha value is -1.22. The van der Waals surface area contributed by atoms with Gasteiger partial charge in [-0.15, -0.1) is 11.6 Å². The third kappa shape index (κ3) is 2.20. The lowest BCUT2D eigenvalue weighted by molar-refractivity contribution is -0.115. The second-order valence-corrected chi connectivity index (χ2v) is 4.54. The van der Waals surface area contributed by atoms with Crippen LogP contribution in [0.5, 0.6) is 0 Å². The van der Waals surface area contributed by atoms with E-state index in [0.29, 0.717) is 0 Å². The molecule has 9 heteroatoms. The highest BCUT2D eigenvalue weighted by Crippen LogP contribution is 2.38. The van der Waals surface area contributed by atoms with E-state index < -0.39 is 42.0 Å². The lowest BCUT2D eigenvalue weighted by Gasteiger charge is -2.26. The van der Waals surface area contributed by atoms with E-state index in [1.54, 1.807) is 0 Å². The Labute approximate surface area is 111 Å². The number of ether oxygens (including phenoxy) is 1. The molecule has 2 heterocycles. The van der Waals surface area contributed by atoms with Crippen LogP contribution in [0.25, 0.3) is 0 Å². The number of rotatable bonds is 3. The Bertz CT molecular complexity index is 570. The zero-order chi connectivity index (χ0) is 14.2. The van der Waals surface area contributed by atoms with Gasteiger partial charge >= 0.3 is 5.69 Å². The molecule has 1 aromatic heterocycles. The van der Waals surface area contributed by atoms with Crippen molar-refractivity contribution in [3.05, 3.63) is 33.1 Å². The fourth-order valence-electron chi connectivity index (χ4n) is 1.94. The molecule has 19 heavy (non-hydrogen) atoms. The number of H-pyrrole nitrogens is 1. The molecule has 0 unspecified atom stereocenters. The number of aliphatic hydroxyl groups is 2. The van der Waals surface area contributed by atoms with Crippen molar-refractivity contribution in [2.75, 3.05) is 12.5 Å². The van der Waals surface area contributed by atoms with Gasteiger partial charge in [0.15, 0.2) is 12.4 Å². The van der Waals surface area contributed by atoms with Crippen molar-refractivity contribution in [2.45, 2.75) is 24.1 Å². The van der Waals surface area contributed by atoms with Gasteiger partial charge in [-0.2, -0.15) is 0 Å². The number of alkyl halides is 2. The van der Waals surface area contributed by atoms with E-state index in [-0.39, 0.29) is 5.88 Å². The molecule has 1 fully saturated rings. The first kappa shape index (κ1) is 14.2. The first-order valence-corrected chi connectivity index (χ1v) is 5.97. The fourth-order valence-corrected chi connectivity index (χ4v) is 2.25. The van der Waals surface area contributed by atoms with Crippen LogP contribution in [0, 0.1) is 0 Å². The highest BCUT2D eigenvalue weighted by molar-refractivity contribution is 6.18. The Morgan fingerprint density at radius 2 is 2.26 bits per heavy atom. The van der Waals surface area contributed by atoms with E-state index in [2.05, 4.69) is 0 Å². The van der Waals surface area contributed by atoms with Gasteiger partial charge in [-0.25, -0.2) is 9.18 Å². The second-order valence-electron chi connectivity index (χ2n) is 4.27. The van der Waals surface area contributed by atoms with Gasteiger partial charge in [-0.1, -0.05) is 0 Å². The Morgan fingerprint density at radius 1 is 1.58 bits per heavy atom. The molecule has 3 N–H and O–H groups in total. The van der Waals surface area contributed by atoms with Crippen LogP contribution >= 0.6 is 11.6 Å². The van der Waals surface area contributed by atoms with Crippen LogP contribution < -0.4 is 11.2 Å². The molecule has 4 atom stereocenters. The minimum atomic E-state index is -1.96. The molecule has 0 saturated carbocycles. The van der Waals surface area contributed by atoms with Crippen molar-refractivity contribution in [1.29, 1.82) is 0 Å². The lowest BCUT2D eigenvalue weighted by atomic mass is 9.99. The van der Waals surface area contributed by atoms with E-state index in [0.717, 1.165) is 16.8 Å². The van der Waals surface area contributed by atoms with Crippen LogP contribution in [0.15, 0.2) is 21.9 Å². The smallest absolute Gasteiger partial charge is 0.330 e. The Balaban J connectivity index is 2.42. The molecular formula is C10H12ClFN2O5. The van der Waals surface area contributed by atoms with E-state index in [1.807, 2.05) is 4.98 Å². The van der Waals surface area contributed by atoms with Crippen molar-refractivity contribution in [1.82, 2.24) is 9.55 Å². The summed E-state index contributed by atoms with van der Waals surface area (Å²) >= 11 is 5.59. The summed E-state index contributed by atoms with van der Waals surface area (Å²) in [6.07, 6.45) is -4.06. The maximum atomic E-state index is 14.0. The number of aromatic amines is 1. The topological polar surface area (TPSA) is 105 Å². The van der Waals surface area contributed by atoms with Crippen LogP contribution in [0.1, 0.15) is 6.23 Å². The van der Waals surface area contributed by atoms with Gasteiger partial charge in [0.05, 0.1) is 12.5 Å². The molecular weight excluding hydrogens is 283 g/mol. The predicted molar refractivity (Wildman–Crippen MR) is 62.9 cm³/mol. The minimum Gasteiger partial charge on any atom is -0.393 e. The monoisotopic (exact) mass is 294 g/mol. The zero-order valence-electron chi connectivity index (χ0n) is 9.62. The number of nitrogens with one attached hydrogen (secondary N) is 1. The van der Waals surface area contributed by atoms with Crippen LogP contribution in [-0.4, -0.2) is 50.1 Å². The standard InChI is InChI=1S/C10H12ClFN2O5/c11-3-10(4-15)7(17)6(12)8(19-10)14-2-1-5(16)13-9(14)18/h1-2,6-8,15,17H,3-4H2,(H,13,16,18)/t6-,7+,8-,10-/m1/s1. The summed E-state index contributed by atoms with van der Waals surface area (Å²) in [6, 6.07) is 1.02. The Morgan fingerprint density at radius 3 is 2.74 bits per heavy atom. The van der Waals surface area contributed by atoms with Crippen molar-refractivity contribution in [3.63, 3.8) is 0 Å². The molecule has 0 amide bonds. The van der Waals surface area contributed by atoms with Gasteiger partial charge in [0, 0.05) is 12.3 Å². The van der Waals surface area contributed by atoms with Crippen molar-refractivity contribution in [2.24, 2.45) is 0 Å². The summed E-state index contributed by atoms with van der Waals surface area (Å²) in [5, 5.41) is 19.0. The fraction of sp³-hybridized carbons (Fsp3) is 0.600. The summed E-state index contributed by atoms with van der Waals surface area (Å²) in [4.78, 5) is 24.4. The number of aliphatic hydroxyl groups excluding tert-OH is 2. The maximum absolute atomic E-state index is 14.0. The average molecular weight is 295 g/mol. The highest BCUT2D eigenvalue weighted by atomic mass is 35.5. The van der Waals surface area contributed by atoms with Gasteiger partial charge in [0.2, 0.25) is 0 Å². The summed E-state index contributed by atoms with van der Waals surface area (Å²) in [6.45, 7) is -0.702. The van der Waals surface area contributed by atoms with Gasteiger partial charge < -0.3 is 14.9 Å². The number of hydrogen-bond donors (Lipinski definition) is 3.